The van der Waals surface area contributed by atoms with Crippen molar-refractivity contribution in [3.63, 3.8) is 0 Å². The zero-order valence-corrected chi connectivity index (χ0v) is 14.8. The molecule has 1 aromatic carbocycles. The van der Waals surface area contributed by atoms with Crippen molar-refractivity contribution in [1.82, 2.24) is 0 Å². The van der Waals surface area contributed by atoms with E-state index in [-0.39, 0.29) is 11.0 Å². The second-order valence-corrected chi connectivity index (χ2v) is 7.68. The van der Waals surface area contributed by atoms with E-state index in [2.05, 4.69) is 12.2 Å². The van der Waals surface area contributed by atoms with Crippen molar-refractivity contribution in [2.45, 2.75) is 38.6 Å². The number of rotatable bonds is 3. The molecule has 0 amide bonds. The van der Waals surface area contributed by atoms with Gasteiger partial charge in [-0.2, -0.15) is 0 Å². The third-order valence-electron chi connectivity index (χ3n) is 6.09. The van der Waals surface area contributed by atoms with Crippen molar-refractivity contribution in [1.29, 1.82) is 0 Å². The maximum atomic E-state index is 13.6. The van der Waals surface area contributed by atoms with Crippen LogP contribution >= 0.6 is 0 Å². The molecule has 0 N–H and O–H groups in total. The van der Waals surface area contributed by atoms with Crippen LogP contribution in [0.4, 0.5) is 13.2 Å². The lowest BCUT2D eigenvalue weighted by molar-refractivity contribution is -0.486. The topological polar surface area (TPSA) is 27.7 Å². The largest absolute Gasteiger partial charge is 0.323 e. The van der Waals surface area contributed by atoms with Crippen molar-refractivity contribution >= 4 is 0 Å². The summed E-state index contributed by atoms with van der Waals surface area (Å²) in [5, 5.41) is 0. The number of fused-ring (bicyclic) bond motifs is 3. The first-order valence-corrected chi connectivity index (χ1v) is 9.18. The van der Waals surface area contributed by atoms with Gasteiger partial charge in [-0.15, -0.1) is 0 Å². The molecule has 3 nitrogen and oxygen atoms in total. The third-order valence-corrected chi connectivity index (χ3v) is 6.09. The minimum Gasteiger partial charge on any atom is -0.323 e. The Balaban J connectivity index is 1.48. The minimum absolute atomic E-state index is 0.0130. The lowest BCUT2D eigenvalue weighted by atomic mass is 9.67. The molecule has 0 radical (unpaired) electrons. The van der Waals surface area contributed by atoms with Gasteiger partial charge in [0.25, 0.3) is 0 Å². The smallest absolute Gasteiger partial charge is 0.312 e. The van der Waals surface area contributed by atoms with Crippen LogP contribution in [0.25, 0.3) is 0 Å². The summed E-state index contributed by atoms with van der Waals surface area (Å²) in [4.78, 5) is 0. The van der Waals surface area contributed by atoms with Crippen molar-refractivity contribution in [3.05, 3.63) is 47.3 Å². The molecule has 1 saturated carbocycles. The van der Waals surface area contributed by atoms with Crippen molar-refractivity contribution in [2.24, 2.45) is 17.3 Å². The minimum atomic E-state index is -1.64. The fourth-order valence-corrected chi connectivity index (χ4v) is 4.50. The molecular formula is C20H23F3O3. The van der Waals surface area contributed by atoms with E-state index >= 15 is 0 Å². The number of hydrogen-bond acceptors (Lipinski definition) is 3. The predicted molar refractivity (Wildman–Crippen MR) is 88.5 cm³/mol. The summed E-state index contributed by atoms with van der Waals surface area (Å²) in [5.41, 5.74) is -0.209. The Kier molecular flexibility index (Phi) is 4.61. The Morgan fingerprint density at radius 1 is 0.923 bits per heavy atom. The van der Waals surface area contributed by atoms with Crippen LogP contribution in [0.1, 0.15) is 38.2 Å². The van der Waals surface area contributed by atoms with Crippen LogP contribution < -0.4 is 0 Å². The van der Waals surface area contributed by atoms with Gasteiger partial charge in [-0.05, 0) is 56.6 Å². The van der Waals surface area contributed by atoms with Crippen molar-refractivity contribution in [2.75, 3.05) is 19.8 Å². The van der Waals surface area contributed by atoms with Gasteiger partial charge in [-0.25, -0.2) is 13.2 Å². The van der Waals surface area contributed by atoms with Crippen LogP contribution in [0.5, 0.6) is 0 Å². The average molecular weight is 368 g/mol. The van der Waals surface area contributed by atoms with Gasteiger partial charge in [-0.1, -0.05) is 12.2 Å². The van der Waals surface area contributed by atoms with Crippen LogP contribution in [0.15, 0.2) is 24.3 Å². The third kappa shape index (κ3) is 2.88. The molecule has 142 valence electrons. The van der Waals surface area contributed by atoms with E-state index in [1.807, 2.05) is 6.92 Å². The highest BCUT2D eigenvalue weighted by atomic mass is 19.2. The Labute approximate surface area is 151 Å². The summed E-state index contributed by atoms with van der Waals surface area (Å²) >= 11 is 0. The molecule has 4 aliphatic rings. The molecule has 1 aromatic rings. The number of allylic oxidation sites excluding steroid dienone is 2. The summed E-state index contributed by atoms with van der Waals surface area (Å²) in [5.74, 6) is -4.65. The molecule has 3 heterocycles. The highest BCUT2D eigenvalue weighted by Gasteiger charge is 2.57. The zero-order valence-electron chi connectivity index (χ0n) is 14.8. The molecule has 0 unspecified atom stereocenters. The van der Waals surface area contributed by atoms with E-state index in [1.54, 1.807) is 0 Å². The van der Waals surface area contributed by atoms with Crippen LogP contribution in [0.3, 0.4) is 0 Å². The maximum absolute atomic E-state index is 13.6. The first-order valence-electron chi connectivity index (χ1n) is 9.18. The van der Waals surface area contributed by atoms with E-state index in [4.69, 9.17) is 14.2 Å². The Bertz CT molecular complexity index is 663. The fourth-order valence-electron chi connectivity index (χ4n) is 4.50. The maximum Gasteiger partial charge on any atom is 0.312 e. The van der Waals surface area contributed by atoms with E-state index < -0.39 is 23.4 Å². The SMILES string of the molecule is CC=CC1CCC(C23COC(c4cc(F)c(F)c(F)c4)(OC2)OC3)CC1. The molecule has 0 spiro atoms. The molecule has 0 aromatic heterocycles. The van der Waals surface area contributed by atoms with Crippen molar-refractivity contribution < 1.29 is 27.4 Å². The first-order chi connectivity index (χ1) is 12.5. The first kappa shape index (κ1) is 18.0. The molecule has 1 aliphatic carbocycles. The van der Waals surface area contributed by atoms with Crippen LogP contribution in [-0.4, -0.2) is 19.8 Å². The standard InChI is InChI=1S/C20H23F3O3/c1-2-3-13-4-6-14(7-5-13)19-10-24-20(25-11-19,26-12-19)15-8-16(21)18(23)17(22)9-15/h2-3,8-9,13-14H,4-7,10-12H2,1H3. The van der Waals surface area contributed by atoms with Crippen LogP contribution in [0, 0.1) is 34.7 Å². The normalized spacial score (nSPS) is 37.4. The van der Waals surface area contributed by atoms with E-state index in [1.165, 1.54) is 0 Å². The number of benzene rings is 1. The number of ether oxygens (including phenoxy) is 3. The zero-order chi connectivity index (χ0) is 18.4. The Morgan fingerprint density at radius 3 is 1.96 bits per heavy atom. The van der Waals surface area contributed by atoms with Gasteiger partial charge in [0.05, 0.1) is 19.8 Å². The van der Waals surface area contributed by atoms with Crippen LogP contribution in [0.2, 0.25) is 0 Å². The molecule has 0 atom stereocenters. The van der Waals surface area contributed by atoms with Crippen molar-refractivity contribution in [3.8, 4) is 0 Å². The highest BCUT2D eigenvalue weighted by Crippen LogP contribution is 2.51. The summed E-state index contributed by atoms with van der Waals surface area (Å²) in [6.45, 7) is 3.27. The monoisotopic (exact) mass is 368 g/mol. The molecule has 6 heteroatoms. The molecular weight excluding hydrogens is 345 g/mol. The number of halogens is 3. The van der Waals surface area contributed by atoms with E-state index in [0.717, 1.165) is 37.8 Å². The quantitative estimate of drug-likeness (QED) is 0.574. The Hall–Kier alpha value is -1.37. The van der Waals surface area contributed by atoms with Gasteiger partial charge in [0, 0.05) is 11.0 Å². The summed E-state index contributed by atoms with van der Waals surface area (Å²) in [6, 6.07) is 1.75. The van der Waals surface area contributed by atoms with Gasteiger partial charge in [0.2, 0.25) is 0 Å². The fraction of sp³-hybridized carbons (Fsp3) is 0.600. The van der Waals surface area contributed by atoms with Gasteiger partial charge in [0.15, 0.2) is 17.5 Å². The summed E-state index contributed by atoms with van der Waals surface area (Å²) < 4.78 is 57.9. The molecule has 2 bridgehead atoms. The second kappa shape index (κ2) is 6.66. The lowest BCUT2D eigenvalue weighted by Crippen LogP contribution is -2.61. The lowest BCUT2D eigenvalue weighted by Gasteiger charge is -2.55. The van der Waals surface area contributed by atoms with Gasteiger partial charge in [-0.3, -0.25) is 0 Å². The van der Waals surface area contributed by atoms with E-state index in [0.29, 0.717) is 31.7 Å². The molecule has 5 rings (SSSR count). The van der Waals surface area contributed by atoms with Crippen LogP contribution in [-0.2, 0) is 20.2 Å². The molecule has 3 saturated heterocycles. The summed E-state index contributed by atoms with van der Waals surface area (Å²) in [6.07, 6.45) is 8.80. The number of hydrogen-bond donors (Lipinski definition) is 0. The second-order valence-electron chi connectivity index (χ2n) is 7.68. The molecule has 4 fully saturated rings. The van der Waals surface area contributed by atoms with Gasteiger partial charge >= 0.3 is 5.97 Å². The van der Waals surface area contributed by atoms with Gasteiger partial charge < -0.3 is 14.2 Å². The van der Waals surface area contributed by atoms with Gasteiger partial charge in [0.1, 0.15) is 0 Å². The molecule has 26 heavy (non-hydrogen) atoms. The Morgan fingerprint density at radius 2 is 1.46 bits per heavy atom. The predicted octanol–water partition coefficient (Wildman–Crippen LogP) is 4.66. The highest BCUT2D eigenvalue weighted by molar-refractivity contribution is 5.23. The average Bonchev–Trinajstić information content (AvgIpc) is 2.68. The van der Waals surface area contributed by atoms with E-state index in [9.17, 15) is 13.2 Å². The summed E-state index contributed by atoms with van der Waals surface area (Å²) in [7, 11) is 0. The molecule has 3 aliphatic heterocycles.